The summed E-state index contributed by atoms with van der Waals surface area (Å²) in [6.45, 7) is 3.61. The molecule has 4 N–H and O–H groups in total. The number of carbonyl (C=O) groups is 1. The van der Waals surface area contributed by atoms with E-state index in [1.165, 1.54) is 12.1 Å². The van der Waals surface area contributed by atoms with Crippen molar-refractivity contribution in [3.05, 3.63) is 65.7 Å². The van der Waals surface area contributed by atoms with Crippen molar-refractivity contribution in [2.24, 2.45) is 5.73 Å². The summed E-state index contributed by atoms with van der Waals surface area (Å²) in [5.74, 6) is -0.949. The molecule has 4 nitrogen and oxygen atoms in total. The summed E-state index contributed by atoms with van der Waals surface area (Å²) >= 11 is 0. The fourth-order valence-corrected chi connectivity index (χ4v) is 2.26. The fraction of sp³-hybridized carbons (Fsp3) is 0.118. The van der Waals surface area contributed by atoms with Gasteiger partial charge in [-0.05, 0) is 30.0 Å². The average molecular weight is 283 g/mol. The molecule has 0 bridgehead atoms. The van der Waals surface area contributed by atoms with Gasteiger partial charge in [-0.3, -0.25) is 4.79 Å². The summed E-state index contributed by atoms with van der Waals surface area (Å²) in [7, 11) is 0. The molecule has 0 saturated heterocycles. The van der Waals surface area contributed by atoms with Crippen LogP contribution in [0.1, 0.15) is 16.7 Å². The maximum absolute atomic E-state index is 11.3. The molecule has 0 fully saturated rings. The number of rotatable bonds is 5. The highest BCUT2D eigenvalue weighted by Crippen LogP contribution is 2.32. The van der Waals surface area contributed by atoms with E-state index in [0.29, 0.717) is 24.0 Å². The molecule has 21 heavy (non-hydrogen) atoms. The maximum Gasteiger partial charge on any atom is 0.248 e. The monoisotopic (exact) mass is 283 g/mol. The molecule has 0 atom stereocenters. The lowest BCUT2D eigenvalue weighted by molar-refractivity contribution is -0.112. The number of benzene rings is 2. The topological polar surface area (TPSA) is 83.6 Å². The zero-order valence-electron chi connectivity index (χ0n) is 11.5. The van der Waals surface area contributed by atoms with Gasteiger partial charge in [0.1, 0.15) is 11.5 Å². The molecule has 2 aromatic carbocycles. The Hall–Kier alpha value is -2.75. The van der Waals surface area contributed by atoms with E-state index >= 15 is 0 Å². The minimum atomic E-state index is -0.697. The van der Waals surface area contributed by atoms with Gasteiger partial charge in [0, 0.05) is 17.2 Å². The van der Waals surface area contributed by atoms with Crippen LogP contribution in [0, 0.1) is 0 Å². The summed E-state index contributed by atoms with van der Waals surface area (Å²) in [4.78, 5) is 11.3. The number of primary amides is 1. The van der Waals surface area contributed by atoms with Crippen LogP contribution in [-0.2, 0) is 17.6 Å². The van der Waals surface area contributed by atoms with Gasteiger partial charge in [-0.15, -0.1) is 0 Å². The molecule has 0 aliphatic carbocycles. The molecule has 2 aromatic rings. The summed E-state index contributed by atoms with van der Waals surface area (Å²) in [5.41, 5.74) is 7.34. The van der Waals surface area contributed by atoms with Crippen molar-refractivity contribution in [3.8, 4) is 11.5 Å². The van der Waals surface area contributed by atoms with Gasteiger partial charge in [0.25, 0.3) is 0 Å². The smallest absolute Gasteiger partial charge is 0.248 e. The Kier molecular flexibility index (Phi) is 4.28. The van der Waals surface area contributed by atoms with Crippen molar-refractivity contribution < 1.29 is 15.0 Å². The predicted octanol–water partition coefficient (Wildman–Crippen LogP) is 2.38. The highest BCUT2D eigenvalue weighted by molar-refractivity contribution is 6.19. The summed E-state index contributed by atoms with van der Waals surface area (Å²) in [6.07, 6.45) is 1.26. The van der Waals surface area contributed by atoms with Crippen LogP contribution < -0.4 is 5.73 Å². The van der Waals surface area contributed by atoms with Crippen LogP contribution in [0.15, 0.2) is 49.0 Å². The van der Waals surface area contributed by atoms with Crippen molar-refractivity contribution >= 4 is 11.5 Å². The van der Waals surface area contributed by atoms with Gasteiger partial charge in [-0.1, -0.05) is 36.9 Å². The van der Waals surface area contributed by atoms with Crippen molar-refractivity contribution in [2.75, 3.05) is 0 Å². The summed E-state index contributed by atoms with van der Waals surface area (Å²) in [6, 6.07) is 12.5. The SMILES string of the molecule is C=C(C(N)=O)c1c(O)cc(O)cc1CCc1ccccc1. The Morgan fingerprint density at radius 2 is 1.76 bits per heavy atom. The fourth-order valence-electron chi connectivity index (χ4n) is 2.26. The summed E-state index contributed by atoms with van der Waals surface area (Å²) < 4.78 is 0. The third-order valence-electron chi connectivity index (χ3n) is 3.31. The minimum Gasteiger partial charge on any atom is -0.508 e. The number of phenols is 2. The zero-order valence-corrected chi connectivity index (χ0v) is 11.5. The first-order chi connectivity index (χ1) is 9.99. The number of aryl methyl sites for hydroxylation is 2. The second kappa shape index (κ2) is 6.13. The Morgan fingerprint density at radius 1 is 1.10 bits per heavy atom. The molecule has 0 radical (unpaired) electrons. The van der Waals surface area contributed by atoms with Crippen molar-refractivity contribution in [1.29, 1.82) is 0 Å². The maximum atomic E-state index is 11.3. The first kappa shape index (κ1) is 14.7. The lowest BCUT2D eigenvalue weighted by Crippen LogP contribution is -2.13. The van der Waals surface area contributed by atoms with E-state index in [1.807, 2.05) is 30.3 Å². The average Bonchev–Trinajstić information content (AvgIpc) is 2.45. The highest BCUT2D eigenvalue weighted by atomic mass is 16.3. The van der Waals surface area contributed by atoms with E-state index < -0.39 is 5.91 Å². The van der Waals surface area contributed by atoms with E-state index in [1.54, 1.807) is 0 Å². The molecule has 1 amide bonds. The molecule has 2 rings (SSSR count). The van der Waals surface area contributed by atoms with Crippen LogP contribution in [0.4, 0.5) is 0 Å². The second-order valence-corrected chi connectivity index (χ2v) is 4.83. The molecular weight excluding hydrogens is 266 g/mol. The number of amides is 1. The molecule has 0 heterocycles. The van der Waals surface area contributed by atoms with Gasteiger partial charge in [-0.25, -0.2) is 0 Å². The Balaban J connectivity index is 2.33. The minimum absolute atomic E-state index is 0.0376. The van der Waals surface area contributed by atoms with E-state index in [0.717, 1.165) is 5.56 Å². The number of aromatic hydroxyl groups is 2. The van der Waals surface area contributed by atoms with Crippen molar-refractivity contribution in [3.63, 3.8) is 0 Å². The van der Waals surface area contributed by atoms with Gasteiger partial charge in [0.2, 0.25) is 5.91 Å². The second-order valence-electron chi connectivity index (χ2n) is 4.83. The quantitative estimate of drug-likeness (QED) is 0.737. The van der Waals surface area contributed by atoms with Crippen LogP contribution in [0.2, 0.25) is 0 Å². The van der Waals surface area contributed by atoms with Crippen molar-refractivity contribution in [2.45, 2.75) is 12.8 Å². The Morgan fingerprint density at radius 3 is 2.38 bits per heavy atom. The van der Waals surface area contributed by atoms with Crippen molar-refractivity contribution in [1.82, 2.24) is 0 Å². The first-order valence-electron chi connectivity index (χ1n) is 6.57. The molecule has 0 aromatic heterocycles. The molecule has 0 spiro atoms. The third kappa shape index (κ3) is 3.42. The zero-order chi connectivity index (χ0) is 15.4. The number of phenolic OH excluding ortho intramolecular Hbond substituents is 2. The van der Waals surface area contributed by atoms with Crippen LogP contribution in [-0.4, -0.2) is 16.1 Å². The molecule has 0 aliphatic rings. The predicted molar refractivity (Wildman–Crippen MR) is 81.9 cm³/mol. The highest BCUT2D eigenvalue weighted by Gasteiger charge is 2.16. The number of hydrogen-bond donors (Lipinski definition) is 3. The number of hydrogen-bond acceptors (Lipinski definition) is 3. The van der Waals surface area contributed by atoms with E-state index in [-0.39, 0.29) is 17.1 Å². The molecule has 0 unspecified atom stereocenters. The lowest BCUT2D eigenvalue weighted by atomic mass is 9.94. The Labute approximate surface area is 123 Å². The van der Waals surface area contributed by atoms with Gasteiger partial charge >= 0.3 is 0 Å². The van der Waals surface area contributed by atoms with Crippen LogP contribution in [0.25, 0.3) is 5.57 Å². The van der Waals surface area contributed by atoms with Crippen LogP contribution >= 0.6 is 0 Å². The molecule has 0 aliphatic heterocycles. The van der Waals surface area contributed by atoms with Crippen LogP contribution in [0.3, 0.4) is 0 Å². The van der Waals surface area contributed by atoms with Gasteiger partial charge in [-0.2, -0.15) is 0 Å². The van der Waals surface area contributed by atoms with E-state index in [9.17, 15) is 15.0 Å². The number of carbonyl (C=O) groups excluding carboxylic acids is 1. The molecular formula is C17H17NO3. The molecule has 108 valence electrons. The van der Waals surface area contributed by atoms with E-state index in [4.69, 9.17) is 5.73 Å². The normalized spacial score (nSPS) is 10.3. The van der Waals surface area contributed by atoms with Gasteiger partial charge in [0.05, 0.1) is 0 Å². The van der Waals surface area contributed by atoms with Gasteiger partial charge < -0.3 is 15.9 Å². The standard InChI is InChI=1S/C17H17NO3/c1-11(17(18)21)16-13(9-14(19)10-15(16)20)8-7-12-5-3-2-4-6-12/h2-6,9-10,19-20H,1,7-8H2,(H2,18,21). The Bertz CT molecular complexity index is 678. The lowest BCUT2D eigenvalue weighted by Gasteiger charge is -2.13. The molecule has 0 saturated carbocycles. The van der Waals surface area contributed by atoms with E-state index in [2.05, 4.69) is 6.58 Å². The van der Waals surface area contributed by atoms with Gasteiger partial charge in [0.15, 0.2) is 0 Å². The summed E-state index contributed by atoms with van der Waals surface area (Å²) in [5, 5.41) is 19.6. The third-order valence-corrected chi connectivity index (χ3v) is 3.31. The number of nitrogens with two attached hydrogens (primary N) is 1. The molecule has 4 heteroatoms. The largest absolute Gasteiger partial charge is 0.508 e. The van der Waals surface area contributed by atoms with Crippen LogP contribution in [0.5, 0.6) is 11.5 Å². The first-order valence-corrected chi connectivity index (χ1v) is 6.57.